The first-order valence-corrected chi connectivity index (χ1v) is 5.92. The van der Waals surface area contributed by atoms with Gasteiger partial charge in [0.05, 0.1) is 12.1 Å². The van der Waals surface area contributed by atoms with Gasteiger partial charge in [0.1, 0.15) is 0 Å². The molecule has 2 rings (SSSR count). The van der Waals surface area contributed by atoms with Crippen molar-refractivity contribution in [3.63, 3.8) is 0 Å². The standard InChI is InChI=1S/C11H14N6O4/c1-15(10(19)7-8(12)14-21-13-7)4-6-5-16(2)11(20)17(3)9(6)18/h5H,4H2,1-3H3,(H2,12,14). The monoisotopic (exact) mass is 294 g/mol. The minimum absolute atomic E-state index is 0.00801. The summed E-state index contributed by atoms with van der Waals surface area (Å²) in [5, 5.41) is 6.73. The number of nitrogens with zero attached hydrogens (tertiary/aromatic N) is 5. The first-order chi connectivity index (χ1) is 9.82. The van der Waals surface area contributed by atoms with Gasteiger partial charge < -0.3 is 15.2 Å². The highest BCUT2D eigenvalue weighted by molar-refractivity contribution is 5.95. The fourth-order valence-corrected chi connectivity index (χ4v) is 1.84. The Morgan fingerprint density at radius 2 is 2.05 bits per heavy atom. The molecule has 2 heterocycles. The van der Waals surface area contributed by atoms with E-state index in [0.717, 1.165) is 4.57 Å². The number of hydrogen-bond donors (Lipinski definition) is 1. The fraction of sp³-hybridized carbons (Fsp3) is 0.364. The number of nitrogens with two attached hydrogens (primary N) is 1. The van der Waals surface area contributed by atoms with Crippen molar-refractivity contribution in [2.24, 2.45) is 14.1 Å². The Morgan fingerprint density at radius 1 is 1.38 bits per heavy atom. The number of rotatable bonds is 3. The quantitative estimate of drug-likeness (QED) is 0.715. The number of carbonyl (C=O) groups excluding carboxylic acids is 1. The molecule has 0 spiro atoms. The van der Waals surface area contributed by atoms with Gasteiger partial charge in [-0.3, -0.25) is 14.2 Å². The largest absolute Gasteiger partial charge is 0.379 e. The van der Waals surface area contributed by atoms with Gasteiger partial charge in [-0.1, -0.05) is 0 Å². The molecule has 112 valence electrons. The summed E-state index contributed by atoms with van der Waals surface area (Å²) in [5.41, 5.74) is 4.69. The lowest BCUT2D eigenvalue weighted by Gasteiger charge is -2.16. The zero-order chi connectivity index (χ0) is 15.7. The predicted molar refractivity (Wildman–Crippen MR) is 71.4 cm³/mol. The normalized spacial score (nSPS) is 10.6. The van der Waals surface area contributed by atoms with Crippen LogP contribution in [-0.2, 0) is 20.6 Å². The van der Waals surface area contributed by atoms with E-state index in [4.69, 9.17) is 5.73 Å². The molecule has 0 atom stereocenters. The number of aryl methyl sites for hydroxylation is 1. The van der Waals surface area contributed by atoms with Crippen molar-refractivity contribution < 1.29 is 9.42 Å². The third-order valence-electron chi connectivity index (χ3n) is 2.99. The van der Waals surface area contributed by atoms with Crippen molar-refractivity contribution in [2.45, 2.75) is 6.54 Å². The molecule has 1 amide bonds. The van der Waals surface area contributed by atoms with Gasteiger partial charge in [-0.15, -0.1) is 0 Å². The molecule has 10 heteroatoms. The van der Waals surface area contributed by atoms with Crippen LogP contribution in [0.25, 0.3) is 0 Å². The van der Waals surface area contributed by atoms with Gasteiger partial charge in [-0.25, -0.2) is 9.42 Å². The van der Waals surface area contributed by atoms with Crippen molar-refractivity contribution >= 4 is 11.7 Å². The van der Waals surface area contributed by atoms with Crippen LogP contribution in [0, 0.1) is 0 Å². The van der Waals surface area contributed by atoms with Crippen LogP contribution in [0.3, 0.4) is 0 Å². The summed E-state index contributed by atoms with van der Waals surface area (Å²) in [5.74, 6) is -0.662. The molecule has 2 aromatic heterocycles. The Morgan fingerprint density at radius 3 is 2.62 bits per heavy atom. The van der Waals surface area contributed by atoms with E-state index in [-0.39, 0.29) is 23.6 Å². The number of amides is 1. The maximum absolute atomic E-state index is 12.1. The molecule has 0 aliphatic heterocycles. The molecular formula is C11H14N6O4. The Kier molecular flexibility index (Phi) is 3.61. The lowest BCUT2D eigenvalue weighted by Crippen LogP contribution is -2.40. The molecule has 2 aromatic rings. The van der Waals surface area contributed by atoms with Crippen molar-refractivity contribution in [1.82, 2.24) is 24.3 Å². The van der Waals surface area contributed by atoms with E-state index in [1.54, 1.807) is 0 Å². The highest BCUT2D eigenvalue weighted by Gasteiger charge is 2.21. The van der Waals surface area contributed by atoms with Gasteiger partial charge in [0.25, 0.3) is 11.5 Å². The SMILES string of the molecule is CN(Cc1cn(C)c(=O)n(C)c1=O)C(=O)c1nonc1N. The second-order valence-corrected chi connectivity index (χ2v) is 4.57. The number of hydrogen-bond acceptors (Lipinski definition) is 7. The molecular weight excluding hydrogens is 280 g/mol. The zero-order valence-electron chi connectivity index (χ0n) is 11.7. The average molecular weight is 294 g/mol. The minimum Gasteiger partial charge on any atom is -0.379 e. The Hall–Kier alpha value is -2.91. The van der Waals surface area contributed by atoms with E-state index < -0.39 is 17.2 Å². The third-order valence-corrected chi connectivity index (χ3v) is 2.99. The molecule has 0 saturated carbocycles. The van der Waals surface area contributed by atoms with Gasteiger partial charge in [-0.2, -0.15) is 0 Å². The van der Waals surface area contributed by atoms with Gasteiger partial charge >= 0.3 is 5.69 Å². The van der Waals surface area contributed by atoms with Crippen molar-refractivity contribution in [2.75, 3.05) is 12.8 Å². The third kappa shape index (κ3) is 2.55. The Balaban J connectivity index is 2.31. The summed E-state index contributed by atoms with van der Waals surface area (Å²) in [6.45, 7) is -0.00801. The van der Waals surface area contributed by atoms with E-state index >= 15 is 0 Å². The molecule has 0 aromatic carbocycles. The Labute approximate surface area is 118 Å². The van der Waals surface area contributed by atoms with Crippen molar-refractivity contribution in [1.29, 1.82) is 0 Å². The first-order valence-electron chi connectivity index (χ1n) is 5.92. The Bertz CT molecular complexity index is 802. The number of carbonyl (C=O) groups is 1. The molecule has 21 heavy (non-hydrogen) atoms. The average Bonchev–Trinajstić information content (AvgIpc) is 2.87. The van der Waals surface area contributed by atoms with Crippen LogP contribution in [-0.4, -0.2) is 37.3 Å². The molecule has 0 bridgehead atoms. The number of aromatic nitrogens is 4. The molecule has 0 fully saturated rings. The predicted octanol–water partition coefficient (Wildman–Crippen LogP) is -1.68. The molecule has 10 nitrogen and oxygen atoms in total. The molecule has 0 aliphatic rings. The van der Waals surface area contributed by atoms with E-state index in [0.29, 0.717) is 0 Å². The molecule has 0 aliphatic carbocycles. The smallest absolute Gasteiger partial charge is 0.330 e. The van der Waals surface area contributed by atoms with Gasteiger partial charge in [-0.05, 0) is 10.3 Å². The van der Waals surface area contributed by atoms with Crippen LogP contribution in [0.4, 0.5) is 5.82 Å². The summed E-state index contributed by atoms with van der Waals surface area (Å²) >= 11 is 0. The van der Waals surface area contributed by atoms with Crippen LogP contribution in [0.2, 0.25) is 0 Å². The zero-order valence-corrected chi connectivity index (χ0v) is 11.7. The second-order valence-electron chi connectivity index (χ2n) is 4.57. The van der Waals surface area contributed by atoms with Crippen LogP contribution in [0.1, 0.15) is 16.1 Å². The van der Waals surface area contributed by atoms with Gasteiger partial charge in [0, 0.05) is 27.3 Å². The maximum Gasteiger partial charge on any atom is 0.330 e. The molecule has 0 saturated heterocycles. The highest BCUT2D eigenvalue weighted by Crippen LogP contribution is 2.08. The minimum atomic E-state index is -0.537. The second kappa shape index (κ2) is 5.23. The van der Waals surface area contributed by atoms with Crippen LogP contribution >= 0.6 is 0 Å². The van der Waals surface area contributed by atoms with E-state index in [1.165, 1.54) is 36.8 Å². The van der Waals surface area contributed by atoms with Crippen molar-refractivity contribution in [3.8, 4) is 0 Å². The summed E-state index contributed by atoms with van der Waals surface area (Å²) in [4.78, 5) is 36.9. The summed E-state index contributed by atoms with van der Waals surface area (Å²) in [6, 6.07) is 0. The summed E-state index contributed by atoms with van der Waals surface area (Å²) < 4.78 is 6.60. The number of nitrogen functional groups attached to an aromatic ring is 1. The van der Waals surface area contributed by atoms with E-state index in [1.807, 2.05) is 0 Å². The van der Waals surface area contributed by atoms with E-state index in [9.17, 15) is 14.4 Å². The van der Waals surface area contributed by atoms with E-state index in [2.05, 4.69) is 14.9 Å². The molecule has 0 radical (unpaired) electrons. The highest BCUT2D eigenvalue weighted by atomic mass is 16.6. The van der Waals surface area contributed by atoms with Crippen LogP contribution in [0.15, 0.2) is 20.4 Å². The van der Waals surface area contributed by atoms with Gasteiger partial charge in [0.15, 0.2) is 0 Å². The summed E-state index contributed by atoms with van der Waals surface area (Å²) in [7, 11) is 4.36. The maximum atomic E-state index is 12.1. The first kappa shape index (κ1) is 14.5. The van der Waals surface area contributed by atoms with Crippen LogP contribution < -0.4 is 17.0 Å². The topological polar surface area (TPSA) is 129 Å². The lowest BCUT2D eigenvalue weighted by atomic mass is 10.3. The number of anilines is 1. The van der Waals surface area contributed by atoms with Gasteiger partial charge in [0.2, 0.25) is 11.5 Å². The summed E-state index contributed by atoms with van der Waals surface area (Å²) in [6.07, 6.45) is 1.39. The molecule has 0 unspecified atom stereocenters. The van der Waals surface area contributed by atoms with Crippen LogP contribution in [0.5, 0.6) is 0 Å². The lowest BCUT2D eigenvalue weighted by molar-refractivity contribution is 0.0773. The fourth-order valence-electron chi connectivity index (χ4n) is 1.84. The van der Waals surface area contributed by atoms with Crippen molar-refractivity contribution in [3.05, 3.63) is 38.3 Å². The molecule has 2 N–H and O–H groups in total.